The minimum absolute atomic E-state index is 0.00412. The molecular weight excluding hydrogens is 456 g/mol. The summed E-state index contributed by atoms with van der Waals surface area (Å²) in [6.45, 7) is 0.216. The summed E-state index contributed by atoms with van der Waals surface area (Å²) in [4.78, 5) is 11.6. The number of hydrogen-bond acceptors (Lipinski definition) is 9. The first kappa shape index (κ1) is 27.1. The van der Waals surface area contributed by atoms with Crippen LogP contribution in [0, 0.1) is 23.7 Å². The average molecular weight is 499 g/mol. The van der Waals surface area contributed by atoms with Gasteiger partial charge in [0.2, 0.25) is 0 Å². The lowest BCUT2D eigenvalue weighted by molar-refractivity contribution is -0.158. The molecule has 0 spiro atoms. The van der Waals surface area contributed by atoms with Gasteiger partial charge in [-0.1, -0.05) is 25.7 Å². The van der Waals surface area contributed by atoms with Crippen LogP contribution in [0.5, 0.6) is 0 Å². The van der Waals surface area contributed by atoms with E-state index in [4.69, 9.17) is 4.74 Å². The number of aliphatic hydroxyl groups excluding tert-OH is 6. The number of carbonyl (C=O) groups is 1. The van der Waals surface area contributed by atoms with Gasteiger partial charge in [0, 0.05) is 12.3 Å². The molecule has 7 N–H and O–H groups in total. The molecule has 35 heavy (non-hydrogen) atoms. The van der Waals surface area contributed by atoms with Gasteiger partial charge < -0.3 is 40.5 Å². The highest BCUT2D eigenvalue weighted by Crippen LogP contribution is 2.49. The van der Waals surface area contributed by atoms with Crippen LogP contribution in [0.15, 0.2) is 11.6 Å². The fraction of sp³-hybridized carbons (Fsp3) is 0.885. The third-order valence-corrected chi connectivity index (χ3v) is 8.89. The molecule has 11 unspecified atom stereocenters. The van der Waals surface area contributed by atoms with Crippen molar-refractivity contribution in [3.63, 3.8) is 0 Å². The molecule has 0 radical (unpaired) electrons. The van der Waals surface area contributed by atoms with Gasteiger partial charge in [-0.3, -0.25) is 4.79 Å². The second-order valence-corrected chi connectivity index (χ2v) is 11.4. The second kappa shape index (κ2) is 11.2. The number of aliphatic hydroxyl groups is 7. The van der Waals surface area contributed by atoms with E-state index in [1.165, 1.54) is 6.08 Å². The Morgan fingerprint density at radius 2 is 1.51 bits per heavy atom. The number of rotatable bonds is 10. The zero-order valence-electron chi connectivity index (χ0n) is 20.3. The normalized spacial score (nSPS) is 44.8. The molecule has 1 aliphatic heterocycles. The van der Waals surface area contributed by atoms with E-state index >= 15 is 0 Å². The Balaban J connectivity index is 1.25. The van der Waals surface area contributed by atoms with Gasteiger partial charge in [0.15, 0.2) is 11.6 Å². The molecule has 1 heterocycles. The summed E-state index contributed by atoms with van der Waals surface area (Å²) in [5.74, 6) is -2.06. The molecule has 9 heteroatoms. The molecule has 0 amide bonds. The number of unbranched alkanes of at least 4 members (excludes halogenated alkanes) is 3. The van der Waals surface area contributed by atoms with E-state index in [9.17, 15) is 40.5 Å². The zero-order valence-corrected chi connectivity index (χ0v) is 20.3. The molecule has 1 saturated heterocycles. The fourth-order valence-corrected chi connectivity index (χ4v) is 6.80. The predicted octanol–water partition coefficient (Wildman–Crippen LogP) is 0.163. The van der Waals surface area contributed by atoms with Gasteiger partial charge in [0.25, 0.3) is 0 Å². The Labute approximate surface area is 206 Å². The minimum atomic E-state index is -1.32. The summed E-state index contributed by atoms with van der Waals surface area (Å²) in [6, 6.07) is 0. The summed E-state index contributed by atoms with van der Waals surface area (Å²) in [6.07, 6.45) is 2.58. The summed E-state index contributed by atoms with van der Waals surface area (Å²) >= 11 is 0. The van der Waals surface area contributed by atoms with Gasteiger partial charge in [-0.25, -0.2) is 0 Å². The van der Waals surface area contributed by atoms with Crippen molar-refractivity contribution in [1.82, 2.24) is 0 Å². The van der Waals surface area contributed by atoms with E-state index in [0.29, 0.717) is 32.1 Å². The highest BCUT2D eigenvalue weighted by Gasteiger charge is 2.58. The van der Waals surface area contributed by atoms with E-state index < -0.39 is 48.3 Å². The first-order valence-electron chi connectivity index (χ1n) is 13.3. The van der Waals surface area contributed by atoms with Crippen LogP contribution in [-0.2, 0) is 9.53 Å². The van der Waals surface area contributed by atoms with Crippen molar-refractivity contribution in [3.8, 4) is 0 Å². The summed E-state index contributed by atoms with van der Waals surface area (Å²) in [5, 5.41) is 72.0. The number of ketones is 1. The molecule has 200 valence electrons. The maximum absolute atomic E-state index is 11.6. The fourth-order valence-electron chi connectivity index (χ4n) is 6.80. The summed E-state index contributed by atoms with van der Waals surface area (Å²) in [5.41, 5.74) is 0.749. The summed E-state index contributed by atoms with van der Waals surface area (Å²) < 4.78 is 5.29. The van der Waals surface area contributed by atoms with Crippen molar-refractivity contribution in [2.45, 2.75) is 113 Å². The van der Waals surface area contributed by atoms with Crippen molar-refractivity contribution in [1.29, 1.82) is 0 Å². The lowest BCUT2D eigenvalue weighted by Gasteiger charge is -2.42. The molecule has 11 atom stereocenters. The SMILES string of the molecule is O=C1C=C(C(O)C2CC(O)C(C3(O)CO3)C(CCCCCCC3CC(O)C(O)C(O)C3O)C2)CC1. The Morgan fingerprint density at radius 3 is 2.11 bits per heavy atom. The molecule has 0 aromatic rings. The van der Waals surface area contributed by atoms with E-state index in [-0.39, 0.29) is 36.6 Å². The van der Waals surface area contributed by atoms with Crippen LogP contribution >= 0.6 is 0 Å². The Morgan fingerprint density at radius 1 is 0.857 bits per heavy atom. The standard InChI is InChI=1S/C26H42O9/c27-18-8-7-16(10-18)22(30)17-9-14(21(19(28)12-17)26(34)13-35-26)5-3-1-2-4-6-15-11-20(29)24(32)25(33)23(15)31/h10,14-15,17,19-25,28-34H,1-9,11-13H2. The second-order valence-electron chi connectivity index (χ2n) is 11.4. The largest absolute Gasteiger partial charge is 0.393 e. The van der Waals surface area contributed by atoms with Gasteiger partial charge in [-0.2, -0.15) is 0 Å². The van der Waals surface area contributed by atoms with Crippen LogP contribution in [-0.4, -0.2) is 90.5 Å². The third-order valence-electron chi connectivity index (χ3n) is 8.89. The van der Waals surface area contributed by atoms with E-state index in [2.05, 4.69) is 0 Å². The first-order chi connectivity index (χ1) is 16.6. The van der Waals surface area contributed by atoms with Crippen molar-refractivity contribution < 1.29 is 45.3 Å². The predicted molar refractivity (Wildman–Crippen MR) is 125 cm³/mol. The van der Waals surface area contributed by atoms with Gasteiger partial charge in [-0.05, 0) is 67.9 Å². The number of allylic oxidation sites excluding steroid dienone is 1. The van der Waals surface area contributed by atoms with Crippen molar-refractivity contribution in [3.05, 3.63) is 11.6 Å². The molecule has 0 aromatic carbocycles. The zero-order chi connectivity index (χ0) is 25.3. The van der Waals surface area contributed by atoms with E-state index in [1.54, 1.807) is 0 Å². The maximum atomic E-state index is 11.6. The highest BCUT2D eigenvalue weighted by atomic mass is 16.7. The highest BCUT2D eigenvalue weighted by molar-refractivity contribution is 5.93. The molecule has 2 saturated carbocycles. The molecule has 9 nitrogen and oxygen atoms in total. The average Bonchev–Trinajstić information content (AvgIpc) is 3.41. The van der Waals surface area contributed by atoms with Gasteiger partial charge >= 0.3 is 0 Å². The van der Waals surface area contributed by atoms with Gasteiger partial charge in [-0.15, -0.1) is 0 Å². The lowest BCUT2D eigenvalue weighted by atomic mass is 9.66. The maximum Gasteiger partial charge on any atom is 0.195 e. The van der Waals surface area contributed by atoms with Gasteiger partial charge in [0.05, 0.1) is 24.4 Å². The van der Waals surface area contributed by atoms with Crippen molar-refractivity contribution in [2.24, 2.45) is 23.7 Å². The molecule has 0 bridgehead atoms. The van der Waals surface area contributed by atoms with Crippen LogP contribution in [0.4, 0.5) is 0 Å². The molecule has 4 rings (SSSR count). The molecule has 3 fully saturated rings. The van der Waals surface area contributed by atoms with Crippen LogP contribution in [0.1, 0.15) is 70.6 Å². The van der Waals surface area contributed by atoms with Crippen LogP contribution in [0.2, 0.25) is 0 Å². The molecular formula is C26H42O9. The molecule has 4 aliphatic rings. The number of carbonyl (C=O) groups excluding carboxylic acids is 1. The minimum Gasteiger partial charge on any atom is -0.393 e. The Hall–Kier alpha value is -0.910. The Kier molecular flexibility index (Phi) is 8.70. The number of hydrogen-bond donors (Lipinski definition) is 7. The summed E-state index contributed by atoms with van der Waals surface area (Å²) in [7, 11) is 0. The van der Waals surface area contributed by atoms with Crippen LogP contribution in [0.3, 0.4) is 0 Å². The smallest absolute Gasteiger partial charge is 0.195 e. The van der Waals surface area contributed by atoms with E-state index in [1.807, 2.05) is 0 Å². The molecule has 0 aromatic heterocycles. The van der Waals surface area contributed by atoms with Crippen LogP contribution < -0.4 is 0 Å². The number of ether oxygens (including phenoxy) is 1. The first-order valence-corrected chi connectivity index (χ1v) is 13.3. The Bertz CT molecular complexity index is 766. The quantitative estimate of drug-likeness (QED) is 0.164. The lowest BCUT2D eigenvalue weighted by Crippen LogP contribution is -2.53. The topological polar surface area (TPSA) is 171 Å². The van der Waals surface area contributed by atoms with Crippen molar-refractivity contribution in [2.75, 3.05) is 6.61 Å². The number of epoxide rings is 1. The molecule has 3 aliphatic carbocycles. The third kappa shape index (κ3) is 6.15. The van der Waals surface area contributed by atoms with Gasteiger partial charge in [0.1, 0.15) is 18.8 Å². The monoisotopic (exact) mass is 498 g/mol. The van der Waals surface area contributed by atoms with Crippen LogP contribution in [0.25, 0.3) is 0 Å². The van der Waals surface area contributed by atoms with Crippen molar-refractivity contribution >= 4 is 5.78 Å². The van der Waals surface area contributed by atoms with E-state index in [0.717, 1.165) is 37.7 Å².